The molecule has 126 valence electrons. The van der Waals surface area contributed by atoms with Gasteiger partial charge in [-0.05, 0) is 49.6 Å². The first kappa shape index (κ1) is 17.5. The third kappa shape index (κ3) is 4.35. The van der Waals surface area contributed by atoms with Crippen molar-refractivity contribution in [3.05, 3.63) is 64.7 Å². The molecule has 5 nitrogen and oxygen atoms in total. The number of amides is 1. The number of rotatable bonds is 6. The van der Waals surface area contributed by atoms with Crippen molar-refractivity contribution in [1.29, 1.82) is 0 Å². The Morgan fingerprint density at radius 1 is 1.12 bits per heavy atom. The number of carboxylic acids is 1. The van der Waals surface area contributed by atoms with Gasteiger partial charge < -0.3 is 15.2 Å². The average Bonchev–Trinajstić information content (AvgIpc) is 2.54. The normalized spacial score (nSPS) is 11.6. The summed E-state index contributed by atoms with van der Waals surface area (Å²) in [7, 11) is 0. The molecule has 2 N–H and O–H groups in total. The van der Waals surface area contributed by atoms with Crippen LogP contribution in [0, 0.1) is 13.8 Å². The number of nitrogens with one attached hydrogen (secondary N) is 1. The van der Waals surface area contributed by atoms with Crippen LogP contribution >= 0.6 is 0 Å². The number of hydrogen-bond acceptors (Lipinski definition) is 3. The number of carbonyl (C=O) groups excluding carboxylic acids is 1. The molecule has 0 radical (unpaired) electrons. The Kier molecular flexibility index (Phi) is 5.58. The van der Waals surface area contributed by atoms with E-state index in [1.165, 1.54) is 0 Å². The van der Waals surface area contributed by atoms with E-state index in [-0.39, 0.29) is 11.9 Å². The van der Waals surface area contributed by atoms with Crippen LogP contribution in [0.2, 0.25) is 0 Å². The summed E-state index contributed by atoms with van der Waals surface area (Å²) in [6.07, 6.45) is 0. The minimum absolute atomic E-state index is 0.109. The van der Waals surface area contributed by atoms with Crippen LogP contribution < -0.4 is 10.1 Å². The van der Waals surface area contributed by atoms with Crippen molar-refractivity contribution in [1.82, 2.24) is 5.32 Å². The first-order valence-corrected chi connectivity index (χ1v) is 7.70. The first-order chi connectivity index (χ1) is 11.4. The molecule has 24 heavy (non-hydrogen) atoms. The predicted molar refractivity (Wildman–Crippen MR) is 91.4 cm³/mol. The standard InChI is InChI=1S/C19H21NO4/c1-12-9-16(10-13(2)18(12)24-11-17(21)22)19(23)20-14(3)15-7-5-4-6-8-15/h4-10,14H,11H2,1-3H3,(H,20,23)(H,21,22). The monoisotopic (exact) mass is 327 g/mol. The highest BCUT2D eigenvalue weighted by Gasteiger charge is 2.15. The Morgan fingerprint density at radius 2 is 1.71 bits per heavy atom. The molecule has 2 aromatic rings. The molecule has 0 aliphatic carbocycles. The molecular formula is C19H21NO4. The minimum Gasteiger partial charge on any atom is -0.481 e. The van der Waals surface area contributed by atoms with Gasteiger partial charge in [0.15, 0.2) is 6.61 Å². The van der Waals surface area contributed by atoms with E-state index >= 15 is 0 Å². The number of ether oxygens (including phenoxy) is 1. The number of aliphatic carboxylic acids is 1. The van der Waals surface area contributed by atoms with E-state index in [2.05, 4.69) is 5.32 Å². The van der Waals surface area contributed by atoms with E-state index < -0.39 is 12.6 Å². The molecule has 0 saturated carbocycles. The number of carbonyl (C=O) groups is 2. The van der Waals surface area contributed by atoms with Gasteiger partial charge in [0, 0.05) is 5.56 Å². The zero-order chi connectivity index (χ0) is 17.7. The van der Waals surface area contributed by atoms with Gasteiger partial charge in [0.05, 0.1) is 6.04 Å². The van der Waals surface area contributed by atoms with Crippen molar-refractivity contribution in [2.75, 3.05) is 6.61 Å². The second-order valence-corrected chi connectivity index (χ2v) is 5.73. The zero-order valence-corrected chi connectivity index (χ0v) is 14.0. The molecule has 1 unspecified atom stereocenters. The molecule has 2 rings (SSSR count). The molecular weight excluding hydrogens is 306 g/mol. The molecule has 1 amide bonds. The smallest absolute Gasteiger partial charge is 0.341 e. The summed E-state index contributed by atoms with van der Waals surface area (Å²) < 4.78 is 5.28. The summed E-state index contributed by atoms with van der Waals surface area (Å²) in [5, 5.41) is 11.7. The lowest BCUT2D eigenvalue weighted by atomic mass is 10.0. The van der Waals surface area contributed by atoms with Gasteiger partial charge in [0.1, 0.15) is 5.75 Å². The highest BCUT2D eigenvalue weighted by atomic mass is 16.5. The van der Waals surface area contributed by atoms with Crippen LogP contribution in [-0.4, -0.2) is 23.6 Å². The van der Waals surface area contributed by atoms with Crippen molar-refractivity contribution < 1.29 is 19.4 Å². The Morgan fingerprint density at radius 3 is 2.25 bits per heavy atom. The Labute approximate surface area is 141 Å². The van der Waals surface area contributed by atoms with E-state index in [4.69, 9.17) is 9.84 Å². The molecule has 0 aromatic heterocycles. The zero-order valence-electron chi connectivity index (χ0n) is 14.0. The van der Waals surface area contributed by atoms with Gasteiger partial charge in [0.2, 0.25) is 0 Å². The molecule has 5 heteroatoms. The van der Waals surface area contributed by atoms with E-state index in [0.717, 1.165) is 16.7 Å². The van der Waals surface area contributed by atoms with Gasteiger partial charge in [-0.15, -0.1) is 0 Å². The van der Waals surface area contributed by atoms with E-state index in [1.807, 2.05) is 37.3 Å². The maximum atomic E-state index is 12.5. The van der Waals surface area contributed by atoms with E-state index in [9.17, 15) is 9.59 Å². The van der Waals surface area contributed by atoms with Crippen molar-refractivity contribution in [2.45, 2.75) is 26.8 Å². The molecule has 2 aromatic carbocycles. The van der Waals surface area contributed by atoms with Gasteiger partial charge in [-0.1, -0.05) is 30.3 Å². The molecule has 0 bridgehead atoms. The van der Waals surface area contributed by atoms with Gasteiger partial charge in [-0.2, -0.15) is 0 Å². The fourth-order valence-electron chi connectivity index (χ4n) is 2.55. The predicted octanol–water partition coefficient (Wildman–Crippen LogP) is 3.26. The van der Waals surface area contributed by atoms with Gasteiger partial charge in [-0.25, -0.2) is 4.79 Å². The van der Waals surface area contributed by atoms with Crippen LogP contribution in [0.25, 0.3) is 0 Å². The summed E-state index contributed by atoms with van der Waals surface area (Å²) >= 11 is 0. The number of hydrogen-bond donors (Lipinski definition) is 2. The lowest BCUT2D eigenvalue weighted by Gasteiger charge is -2.16. The second kappa shape index (κ2) is 7.64. The van der Waals surface area contributed by atoms with Crippen LogP contribution in [-0.2, 0) is 4.79 Å². The van der Waals surface area contributed by atoms with Crippen LogP contribution in [0.4, 0.5) is 0 Å². The number of carboxylic acid groups (broad SMARTS) is 1. The van der Waals surface area contributed by atoms with Crippen molar-refractivity contribution in [2.24, 2.45) is 0 Å². The maximum Gasteiger partial charge on any atom is 0.341 e. The SMILES string of the molecule is Cc1cc(C(=O)NC(C)c2ccccc2)cc(C)c1OCC(=O)O. The van der Waals surface area contributed by atoms with Crippen LogP contribution in [0.1, 0.15) is 40.0 Å². The summed E-state index contributed by atoms with van der Waals surface area (Å²) in [6, 6.07) is 13.0. The summed E-state index contributed by atoms with van der Waals surface area (Å²) in [5.41, 5.74) is 3.01. The molecule has 0 fully saturated rings. The number of benzene rings is 2. The third-order valence-electron chi connectivity index (χ3n) is 3.71. The maximum absolute atomic E-state index is 12.5. The second-order valence-electron chi connectivity index (χ2n) is 5.73. The van der Waals surface area contributed by atoms with Crippen LogP contribution in [0.3, 0.4) is 0 Å². The quantitative estimate of drug-likeness (QED) is 0.854. The highest BCUT2D eigenvalue weighted by molar-refractivity contribution is 5.95. The summed E-state index contributed by atoms with van der Waals surface area (Å²) in [5.74, 6) is -0.709. The van der Waals surface area contributed by atoms with Gasteiger partial charge in [0.25, 0.3) is 5.91 Å². The molecule has 0 heterocycles. The van der Waals surface area contributed by atoms with Crippen molar-refractivity contribution in [3.8, 4) is 5.75 Å². The lowest BCUT2D eigenvalue weighted by molar-refractivity contribution is -0.139. The molecule has 1 atom stereocenters. The summed E-state index contributed by atoms with van der Waals surface area (Å²) in [4.78, 5) is 23.1. The summed E-state index contributed by atoms with van der Waals surface area (Å²) in [6.45, 7) is 5.11. The van der Waals surface area contributed by atoms with E-state index in [1.54, 1.807) is 26.0 Å². The van der Waals surface area contributed by atoms with Gasteiger partial charge in [-0.3, -0.25) is 4.79 Å². The topological polar surface area (TPSA) is 75.6 Å². The average molecular weight is 327 g/mol. The fraction of sp³-hybridized carbons (Fsp3) is 0.263. The minimum atomic E-state index is -1.03. The highest BCUT2D eigenvalue weighted by Crippen LogP contribution is 2.25. The molecule has 0 aliphatic heterocycles. The Balaban J connectivity index is 2.14. The molecule has 0 spiro atoms. The third-order valence-corrected chi connectivity index (χ3v) is 3.71. The Hall–Kier alpha value is -2.82. The van der Waals surface area contributed by atoms with Crippen LogP contribution in [0.5, 0.6) is 5.75 Å². The Bertz CT molecular complexity index is 717. The number of aryl methyl sites for hydroxylation is 2. The fourth-order valence-corrected chi connectivity index (χ4v) is 2.55. The first-order valence-electron chi connectivity index (χ1n) is 7.70. The lowest BCUT2D eigenvalue weighted by Crippen LogP contribution is -2.26. The molecule has 0 saturated heterocycles. The van der Waals surface area contributed by atoms with Gasteiger partial charge >= 0.3 is 5.97 Å². The van der Waals surface area contributed by atoms with E-state index in [0.29, 0.717) is 11.3 Å². The van der Waals surface area contributed by atoms with Crippen molar-refractivity contribution >= 4 is 11.9 Å². The van der Waals surface area contributed by atoms with Crippen LogP contribution in [0.15, 0.2) is 42.5 Å². The molecule has 0 aliphatic rings. The largest absolute Gasteiger partial charge is 0.481 e. The van der Waals surface area contributed by atoms with Crippen molar-refractivity contribution in [3.63, 3.8) is 0 Å².